The van der Waals surface area contributed by atoms with Gasteiger partial charge in [0.15, 0.2) is 0 Å². The van der Waals surface area contributed by atoms with Crippen LogP contribution < -0.4 is 5.73 Å². The minimum Gasteiger partial charge on any atom is -0.381 e. The first-order chi connectivity index (χ1) is 9.30. The molecule has 8 heteroatoms. The first-order valence-electron chi connectivity index (χ1n) is 6.20. The minimum absolute atomic E-state index is 0. The van der Waals surface area contributed by atoms with Crippen LogP contribution in [0, 0.1) is 11.7 Å². The van der Waals surface area contributed by atoms with Gasteiger partial charge < -0.3 is 10.5 Å². The molecule has 0 aromatic heterocycles. The topological polar surface area (TPSA) is 35.2 Å². The molecule has 0 radical (unpaired) electrons. The summed E-state index contributed by atoms with van der Waals surface area (Å²) in [6.07, 6.45) is -3.40. The number of ether oxygens (including phenoxy) is 1. The van der Waals surface area contributed by atoms with Crippen LogP contribution in [-0.2, 0) is 10.9 Å². The predicted octanol–water partition coefficient (Wildman–Crippen LogP) is 4.35. The number of benzene rings is 1. The summed E-state index contributed by atoms with van der Waals surface area (Å²) in [4.78, 5) is 0. The number of rotatable bonds is 2. The highest BCUT2D eigenvalue weighted by atomic mass is 35.5. The molecule has 1 aromatic carbocycles. The predicted molar refractivity (Wildman–Crippen MR) is 74.1 cm³/mol. The van der Waals surface area contributed by atoms with Crippen LogP contribution in [0.4, 0.5) is 17.6 Å². The lowest BCUT2D eigenvalue weighted by Crippen LogP contribution is -2.28. The number of nitrogens with two attached hydrogens (primary N) is 1. The summed E-state index contributed by atoms with van der Waals surface area (Å²) in [5.41, 5.74) is 4.76. The quantitative estimate of drug-likeness (QED) is 0.807. The van der Waals surface area contributed by atoms with Crippen LogP contribution in [0.15, 0.2) is 12.1 Å². The molecule has 1 aromatic rings. The summed E-state index contributed by atoms with van der Waals surface area (Å²) in [7, 11) is 0. The van der Waals surface area contributed by atoms with E-state index < -0.39 is 28.6 Å². The van der Waals surface area contributed by atoms with Gasteiger partial charge in [-0.2, -0.15) is 13.2 Å². The fraction of sp³-hybridized carbons (Fsp3) is 0.538. The average Bonchev–Trinajstić information content (AvgIpc) is 2.40. The molecule has 1 aliphatic heterocycles. The molecule has 0 spiro atoms. The zero-order valence-electron chi connectivity index (χ0n) is 10.9. The van der Waals surface area contributed by atoms with Gasteiger partial charge in [0.2, 0.25) is 0 Å². The number of hydrogen-bond donors (Lipinski definition) is 1. The molecule has 1 heterocycles. The van der Waals surface area contributed by atoms with Crippen molar-refractivity contribution < 1.29 is 22.3 Å². The van der Waals surface area contributed by atoms with Crippen molar-refractivity contribution in [3.05, 3.63) is 34.1 Å². The second-order valence-electron chi connectivity index (χ2n) is 4.83. The minimum atomic E-state index is -4.58. The van der Waals surface area contributed by atoms with Crippen LogP contribution in [0.1, 0.15) is 30.0 Å². The maximum absolute atomic E-state index is 14.0. The van der Waals surface area contributed by atoms with E-state index in [1.54, 1.807) is 0 Å². The average molecular weight is 348 g/mol. The molecule has 2 N–H and O–H groups in total. The van der Waals surface area contributed by atoms with Crippen molar-refractivity contribution in [2.75, 3.05) is 13.2 Å². The fourth-order valence-electron chi connectivity index (χ4n) is 2.35. The number of halogens is 6. The molecule has 0 aliphatic carbocycles. The van der Waals surface area contributed by atoms with Gasteiger partial charge >= 0.3 is 6.18 Å². The molecule has 1 atom stereocenters. The van der Waals surface area contributed by atoms with Crippen LogP contribution >= 0.6 is 24.0 Å². The summed E-state index contributed by atoms with van der Waals surface area (Å²) in [6.45, 7) is 0.958. The van der Waals surface area contributed by atoms with E-state index in [1.165, 1.54) is 0 Å². The Kier molecular flexibility index (Phi) is 6.28. The molecule has 0 amide bonds. The number of alkyl halides is 3. The second kappa shape index (κ2) is 7.13. The van der Waals surface area contributed by atoms with E-state index >= 15 is 0 Å². The van der Waals surface area contributed by atoms with Crippen LogP contribution in [0.5, 0.6) is 0 Å². The molecule has 0 unspecified atom stereocenters. The SMILES string of the molecule is Cl.N[C@H](c1cc(C(F)(F)F)cc(Cl)c1F)C1CCOCC1. The molecule has 0 saturated carbocycles. The summed E-state index contributed by atoms with van der Waals surface area (Å²) in [5.74, 6) is -0.989. The third kappa shape index (κ3) is 4.22. The van der Waals surface area contributed by atoms with E-state index in [2.05, 4.69) is 0 Å². The van der Waals surface area contributed by atoms with Crippen molar-refractivity contribution in [3.8, 4) is 0 Å². The van der Waals surface area contributed by atoms with Gasteiger partial charge in [0.1, 0.15) is 5.82 Å². The monoisotopic (exact) mass is 347 g/mol. The Morgan fingerprint density at radius 3 is 2.33 bits per heavy atom. The first-order valence-corrected chi connectivity index (χ1v) is 6.58. The Morgan fingerprint density at radius 2 is 1.81 bits per heavy atom. The van der Waals surface area contributed by atoms with Gasteiger partial charge in [0, 0.05) is 24.8 Å². The lowest BCUT2D eigenvalue weighted by atomic mass is 9.87. The van der Waals surface area contributed by atoms with Crippen molar-refractivity contribution in [1.29, 1.82) is 0 Å². The van der Waals surface area contributed by atoms with E-state index in [0.29, 0.717) is 32.1 Å². The Balaban J connectivity index is 0.00000220. The van der Waals surface area contributed by atoms with E-state index in [1.807, 2.05) is 0 Å². The summed E-state index contributed by atoms with van der Waals surface area (Å²) < 4.78 is 57.4. The third-order valence-electron chi connectivity index (χ3n) is 3.52. The van der Waals surface area contributed by atoms with Gasteiger partial charge in [-0.05, 0) is 30.9 Å². The molecule has 120 valence electrons. The van der Waals surface area contributed by atoms with Crippen LogP contribution in [0.3, 0.4) is 0 Å². The Bertz CT molecular complexity index is 490. The van der Waals surface area contributed by atoms with Gasteiger partial charge in [-0.15, -0.1) is 12.4 Å². The molecule has 1 saturated heterocycles. The second-order valence-corrected chi connectivity index (χ2v) is 5.24. The molecule has 0 bridgehead atoms. The van der Waals surface area contributed by atoms with Crippen molar-refractivity contribution in [1.82, 2.24) is 0 Å². The maximum Gasteiger partial charge on any atom is 0.416 e. The standard InChI is InChI=1S/C13H14ClF4NO.ClH/c14-10-6-8(13(16,17)18)5-9(11(10)15)12(19)7-1-3-20-4-2-7;/h5-7,12H,1-4,19H2;1H/t12-;/m0./s1. The molecule has 1 fully saturated rings. The van der Waals surface area contributed by atoms with Gasteiger partial charge in [0.05, 0.1) is 10.6 Å². The van der Waals surface area contributed by atoms with E-state index in [4.69, 9.17) is 22.1 Å². The van der Waals surface area contributed by atoms with Crippen molar-refractivity contribution >= 4 is 24.0 Å². The molecule has 2 rings (SSSR count). The first kappa shape index (κ1) is 18.5. The molecular weight excluding hydrogens is 333 g/mol. The molecule has 21 heavy (non-hydrogen) atoms. The van der Waals surface area contributed by atoms with Gasteiger partial charge in [-0.3, -0.25) is 0 Å². The van der Waals surface area contributed by atoms with E-state index in [9.17, 15) is 17.6 Å². The fourth-order valence-corrected chi connectivity index (χ4v) is 2.57. The highest BCUT2D eigenvalue weighted by molar-refractivity contribution is 6.30. The Hall–Kier alpha value is -0.560. The largest absolute Gasteiger partial charge is 0.416 e. The third-order valence-corrected chi connectivity index (χ3v) is 3.79. The van der Waals surface area contributed by atoms with Crippen LogP contribution in [-0.4, -0.2) is 13.2 Å². The molecule has 1 aliphatic rings. The lowest BCUT2D eigenvalue weighted by molar-refractivity contribution is -0.137. The number of hydrogen-bond acceptors (Lipinski definition) is 2. The van der Waals surface area contributed by atoms with Gasteiger partial charge in [-0.1, -0.05) is 11.6 Å². The van der Waals surface area contributed by atoms with Crippen molar-refractivity contribution in [2.45, 2.75) is 25.1 Å². The highest BCUT2D eigenvalue weighted by Gasteiger charge is 2.34. The van der Waals surface area contributed by atoms with Gasteiger partial charge in [0.25, 0.3) is 0 Å². The smallest absolute Gasteiger partial charge is 0.381 e. The lowest BCUT2D eigenvalue weighted by Gasteiger charge is -2.28. The van der Waals surface area contributed by atoms with Crippen LogP contribution in [0.25, 0.3) is 0 Å². The van der Waals surface area contributed by atoms with Crippen LogP contribution in [0.2, 0.25) is 5.02 Å². The van der Waals surface area contributed by atoms with Crippen molar-refractivity contribution in [3.63, 3.8) is 0 Å². The molecule has 2 nitrogen and oxygen atoms in total. The Morgan fingerprint density at radius 1 is 1.24 bits per heavy atom. The van der Waals surface area contributed by atoms with Gasteiger partial charge in [-0.25, -0.2) is 4.39 Å². The molecular formula is C13H15Cl2F4NO. The van der Waals surface area contributed by atoms with Crippen molar-refractivity contribution in [2.24, 2.45) is 11.7 Å². The van der Waals surface area contributed by atoms with E-state index in [-0.39, 0.29) is 23.9 Å². The summed E-state index contributed by atoms with van der Waals surface area (Å²) >= 11 is 5.55. The summed E-state index contributed by atoms with van der Waals surface area (Å²) in [6, 6.07) is 0.511. The maximum atomic E-state index is 14.0. The zero-order valence-corrected chi connectivity index (χ0v) is 12.5. The highest BCUT2D eigenvalue weighted by Crippen LogP contribution is 2.37. The zero-order chi connectivity index (χ0) is 14.9. The normalized spacial score (nSPS) is 18.2. The summed E-state index contributed by atoms with van der Waals surface area (Å²) in [5, 5.41) is -0.558. The Labute approximate surface area is 131 Å². The van der Waals surface area contributed by atoms with E-state index in [0.717, 1.165) is 6.07 Å².